The lowest BCUT2D eigenvalue weighted by atomic mass is 9.89. The summed E-state index contributed by atoms with van der Waals surface area (Å²) in [4.78, 5) is 2.37. The Morgan fingerprint density at radius 3 is 0.967 bits per heavy atom. The second-order valence-electron chi connectivity index (χ2n) is 15.7. The standard InChI is InChI=1S/C60H41N/c1-2-13-42(14-3-1)59-40-33-49(58-26-12-20-45-17-6-9-23-55(45)58)41-60(59)48-31-38-52(39-32-48)61(50-34-27-46(28-35-50)56-24-10-18-43-15-4-7-21-53(43)56)51-36-29-47(30-37-51)57-25-11-19-44-16-5-8-22-54(44)57/h1-41H. The minimum absolute atomic E-state index is 1.09. The maximum Gasteiger partial charge on any atom is 0.0462 e. The lowest BCUT2D eigenvalue weighted by Crippen LogP contribution is -2.09. The highest BCUT2D eigenvalue weighted by Crippen LogP contribution is 2.42. The van der Waals surface area contributed by atoms with Crippen LogP contribution in [0.25, 0.3) is 88.0 Å². The second-order valence-corrected chi connectivity index (χ2v) is 15.7. The summed E-state index contributed by atoms with van der Waals surface area (Å²) >= 11 is 0. The average Bonchev–Trinajstić information content (AvgIpc) is 3.34. The third-order valence-corrected chi connectivity index (χ3v) is 12.1. The quantitative estimate of drug-likeness (QED) is 0.149. The first kappa shape index (κ1) is 36.1. The van der Waals surface area contributed by atoms with Crippen molar-refractivity contribution in [1.29, 1.82) is 0 Å². The summed E-state index contributed by atoms with van der Waals surface area (Å²) in [5.41, 5.74) is 15.4. The zero-order chi connectivity index (χ0) is 40.5. The first-order valence-electron chi connectivity index (χ1n) is 21.0. The van der Waals surface area contributed by atoms with Crippen LogP contribution < -0.4 is 4.90 Å². The molecule has 0 amide bonds. The van der Waals surface area contributed by atoms with Gasteiger partial charge in [0.25, 0.3) is 0 Å². The van der Waals surface area contributed by atoms with Crippen LogP contribution >= 0.6 is 0 Å². The summed E-state index contributed by atoms with van der Waals surface area (Å²) in [5, 5.41) is 7.51. The second kappa shape index (κ2) is 15.6. The van der Waals surface area contributed by atoms with Gasteiger partial charge in [-0.3, -0.25) is 0 Å². The maximum atomic E-state index is 2.37. The third kappa shape index (κ3) is 6.83. The van der Waals surface area contributed by atoms with Crippen LogP contribution in [0.15, 0.2) is 249 Å². The zero-order valence-corrected chi connectivity index (χ0v) is 33.6. The van der Waals surface area contributed by atoms with Crippen LogP contribution in [0.1, 0.15) is 0 Å². The fourth-order valence-corrected chi connectivity index (χ4v) is 9.07. The molecule has 61 heavy (non-hydrogen) atoms. The van der Waals surface area contributed by atoms with Crippen LogP contribution in [0.5, 0.6) is 0 Å². The summed E-state index contributed by atoms with van der Waals surface area (Å²) in [5.74, 6) is 0. The van der Waals surface area contributed by atoms with E-state index >= 15 is 0 Å². The Morgan fingerprint density at radius 2 is 0.525 bits per heavy atom. The minimum Gasteiger partial charge on any atom is -0.311 e. The van der Waals surface area contributed by atoms with Gasteiger partial charge in [0.05, 0.1) is 0 Å². The molecule has 0 fully saturated rings. The van der Waals surface area contributed by atoms with Crippen molar-refractivity contribution in [2.24, 2.45) is 0 Å². The van der Waals surface area contributed by atoms with E-state index in [2.05, 4.69) is 254 Å². The van der Waals surface area contributed by atoms with Crippen LogP contribution in [-0.2, 0) is 0 Å². The van der Waals surface area contributed by atoms with Gasteiger partial charge in [0.2, 0.25) is 0 Å². The fourth-order valence-electron chi connectivity index (χ4n) is 9.07. The van der Waals surface area contributed by atoms with Crippen molar-refractivity contribution in [2.75, 3.05) is 4.90 Å². The molecule has 11 rings (SSSR count). The van der Waals surface area contributed by atoms with Crippen molar-refractivity contribution in [1.82, 2.24) is 0 Å². The molecule has 0 atom stereocenters. The number of hydrogen-bond acceptors (Lipinski definition) is 1. The van der Waals surface area contributed by atoms with E-state index in [-0.39, 0.29) is 0 Å². The van der Waals surface area contributed by atoms with Gasteiger partial charge in [0.15, 0.2) is 0 Å². The van der Waals surface area contributed by atoms with Crippen molar-refractivity contribution in [2.45, 2.75) is 0 Å². The van der Waals surface area contributed by atoms with Gasteiger partial charge >= 0.3 is 0 Å². The molecular weight excluding hydrogens is 735 g/mol. The summed E-state index contributed by atoms with van der Waals surface area (Å²) in [7, 11) is 0. The van der Waals surface area contributed by atoms with E-state index in [1.165, 1.54) is 88.0 Å². The molecule has 1 heteroatoms. The van der Waals surface area contributed by atoms with Crippen LogP contribution in [0, 0.1) is 0 Å². The molecule has 0 aliphatic carbocycles. The first-order chi connectivity index (χ1) is 30.2. The van der Waals surface area contributed by atoms with Gasteiger partial charge in [-0.05, 0) is 130 Å². The maximum absolute atomic E-state index is 2.37. The Morgan fingerprint density at radius 1 is 0.197 bits per heavy atom. The van der Waals surface area contributed by atoms with Crippen molar-refractivity contribution < 1.29 is 0 Å². The lowest BCUT2D eigenvalue weighted by Gasteiger charge is -2.26. The number of nitrogens with zero attached hydrogens (tertiary/aromatic N) is 1. The van der Waals surface area contributed by atoms with Gasteiger partial charge in [0, 0.05) is 17.1 Å². The predicted molar refractivity (Wildman–Crippen MR) is 261 cm³/mol. The largest absolute Gasteiger partial charge is 0.311 e. The van der Waals surface area contributed by atoms with Gasteiger partial charge in [0.1, 0.15) is 0 Å². The molecule has 0 saturated carbocycles. The highest BCUT2D eigenvalue weighted by molar-refractivity contribution is 6.00. The fraction of sp³-hybridized carbons (Fsp3) is 0. The normalized spacial score (nSPS) is 11.3. The van der Waals surface area contributed by atoms with Gasteiger partial charge in [-0.2, -0.15) is 0 Å². The van der Waals surface area contributed by atoms with Crippen LogP contribution in [-0.4, -0.2) is 0 Å². The molecule has 0 bridgehead atoms. The van der Waals surface area contributed by atoms with Gasteiger partial charge < -0.3 is 4.90 Å². The van der Waals surface area contributed by atoms with Crippen molar-refractivity contribution in [3.8, 4) is 55.6 Å². The van der Waals surface area contributed by atoms with Gasteiger partial charge in [-0.15, -0.1) is 0 Å². The summed E-state index contributed by atoms with van der Waals surface area (Å²) < 4.78 is 0. The Labute approximate surface area is 357 Å². The molecule has 0 spiro atoms. The zero-order valence-electron chi connectivity index (χ0n) is 33.6. The van der Waals surface area contributed by atoms with E-state index in [0.717, 1.165) is 17.1 Å². The molecule has 11 aromatic carbocycles. The Kier molecular flexibility index (Phi) is 9.26. The molecule has 11 aromatic rings. The van der Waals surface area contributed by atoms with E-state index in [1.807, 2.05) is 0 Å². The molecule has 1 nitrogen and oxygen atoms in total. The molecule has 0 aliphatic rings. The Balaban J connectivity index is 1.02. The molecule has 0 radical (unpaired) electrons. The van der Waals surface area contributed by atoms with E-state index in [1.54, 1.807) is 0 Å². The minimum atomic E-state index is 1.09. The van der Waals surface area contributed by atoms with E-state index < -0.39 is 0 Å². The lowest BCUT2D eigenvalue weighted by molar-refractivity contribution is 1.28. The van der Waals surface area contributed by atoms with Crippen LogP contribution in [0.4, 0.5) is 17.1 Å². The van der Waals surface area contributed by atoms with E-state index in [9.17, 15) is 0 Å². The average molecular weight is 776 g/mol. The number of anilines is 3. The third-order valence-electron chi connectivity index (χ3n) is 12.1. The first-order valence-corrected chi connectivity index (χ1v) is 21.0. The van der Waals surface area contributed by atoms with Gasteiger partial charge in [-0.25, -0.2) is 0 Å². The number of fused-ring (bicyclic) bond motifs is 3. The monoisotopic (exact) mass is 775 g/mol. The highest BCUT2D eigenvalue weighted by Gasteiger charge is 2.17. The topological polar surface area (TPSA) is 3.24 Å². The van der Waals surface area contributed by atoms with Crippen molar-refractivity contribution >= 4 is 49.4 Å². The molecule has 0 N–H and O–H groups in total. The molecule has 0 heterocycles. The van der Waals surface area contributed by atoms with Crippen LogP contribution in [0.3, 0.4) is 0 Å². The molecule has 0 aliphatic heterocycles. The summed E-state index contributed by atoms with van der Waals surface area (Å²) in [6.07, 6.45) is 0. The van der Waals surface area contributed by atoms with Crippen molar-refractivity contribution in [3.63, 3.8) is 0 Å². The Bertz CT molecular complexity index is 3190. The smallest absolute Gasteiger partial charge is 0.0462 e. The van der Waals surface area contributed by atoms with Gasteiger partial charge in [-0.1, -0.05) is 206 Å². The molecule has 286 valence electrons. The number of benzene rings is 11. The van der Waals surface area contributed by atoms with E-state index in [0.29, 0.717) is 0 Å². The molecule has 0 saturated heterocycles. The Hall–Kier alpha value is -8.00. The van der Waals surface area contributed by atoms with Crippen LogP contribution in [0.2, 0.25) is 0 Å². The number of rotatable bonds is 8. The summed E-state index contributed by atoms with van der Waals surface area (Å²) in [6, 6.07) is 90.4. The molecular formula is C60H41N. The predicted octanol–water partition coefficient (Wildman–Crippen LogP) is 17.0. The number of hydrogen-bond donors (Lipinski definition) is 0. The highest BCUT2D eigenvalue weighted by atomic mass is 15.1. The van der Waals surface area contributed by atoms with E-state index in [4.69, 9.17) is 0 Å². The molecule has 0 aromatic heterocycles. The SMILES string of the molecule is c1ccc(-c2ccc(-c3cccc4ccccc34)cc2-c2ccc(N(c3ccc(-c4cccc5ccccc45)cc3)c3ccc(-c4cccc5ccccc45)cc3)cc2)cc1. The molecule has 0 unspecified atom stereocenters. The summed E-state index contributed by atoms with van der Waals surface area (Å²) in [6.45, 7) is 0. The van der Waals surface area contributed by atoms with Crippen molar-refractivity contribution in [3.05, 3.63) is 249 Å².